The molecule has 1 amide bonds. The molecule has 2 aliphatic rings. The van der Waals surface area contributed by atoms with E-state index in [0.29, 0.717) is 5.78 Å². The van der Waals surface area contributed by atoms with Gasteiger partial charge in [0.05, 0.1) is 0 Å². The normalized spacial score (nSPS) is 25.4. The fraction of sp³-hybridized carbons (Fsp3) is 0.905. The lowest BCUT2D eigenvalue weighted by molar-refractivity contribution is -0.130. The van der Waals surface area contributed by atoms with E-state index in [2.05, 4.69) is 22.0 Å². The summed E-state index contributed by atoms with van der Waals surface area (Å²) < 4.78 is 0. The zero-order chi connectivity index (χ0) is 18.9. The molecule has 1 aliphatic heterocycles. The predicted molar refractivity (Wildman–Crippen MR) is 106 cm³/mol. The first kappa shape index (κ1) is 21.4. The van der Waals surface area contributed by atoms with Crippen molar-refractivity contribution >= 4 is 11.7 Å². The Hall–Kier alpha value is -0.940. The van der Waals surface area contributed by atoms with E-state index >= 15 is 0 Å². The van der Waals surface area contributed by atoms with Crippen molar-refractivity contribution in [3.05, 3.63) is 0 Å². The second kappa shape index (κ2) is 11.0. The number of amides is 1. The van der Waals surface area contributed by atoms with Gasteiger partial charge in [0.1, 0.15) is 5.78 Å². The number of hydrogen-bond acceptors (Lipinski definition) is 4. The van der Waals surface area contributed by atoms with Crippen molar-refractivity contribution in [1.82, 2.24) is 15.1 Å². The molecule has 1 saturated heterocycles. The van der Waals surface area contributed by atoms with Crippen LogP contribution in [0.25, 0.3) is 0 Å². The highest BCUT2D eigenvalue weighted by Gasteiger charge is 2.30. The number of hydrogen-bond donors (Lipinski definition) is 1. The van der Waals surface area contributed by atoms with Crippen molar-refractivity contribution in [2.24, 2.45) is 17.8 Å². The summed E-state index contributed by atoms with van der Waals surface area (Å²) in [5.74, 6) is 1.000. The molecule has 0 atom stereocenters. The Balaban J connectivity index is 1.55. The van der Waals surface area contributed by atoms with Crippen LogP contribution in [0.3, 0.4) is 0 Å². The van der Waals surface area contributed by atoms with E-state index in [1.54, 1.807) is 0 Å². The molecule has 1 N–H and O–H groups in total. The molecule has 0 aromatic rings. The van der Waals surface area contributed by atoms with Crippen molar-refractivity contribution in [3.63, 3.8) is 0 Å². The van der Waals surface area contributed by atoms with E-state index < -0.39 is 0 Å². The van der Waals surface area contributed by atoms with Gasteiger partial charge in [0.15, 0.2) is 0 Å². The summed E-state index contributed by atoms with van der Waals surface area (Å²) in [4.78, 5) is 29.5. The number of ketones is 1. The average molecular weight is 366 g/mol. The maximum absolute atomic E-state index is 12.4. The minimum absolute atomic E-state index is 0.115. The third-order valence-corrected chi connectivity index (χ3v) is 6.02. The first-order chi connectivity index (χ1) is 12.5. The van der Waals surface area contributed by atoms with Crippen LogP contribution < -0.4 is 5.32 Å². The summed E-state index contributed by atoms with van der Waals surface area (Å²) in [6.45, 7) is 13.9. The van der Waals surface area contributed by atoms with Crippen LogP contribution in [0, 0.1) is 17.8 Å². The molecular weight excluding hydrogens is 326 g/mol. The monoisotopic (exact) mass is 365 g/mol. The number of piperazine rings is 1. The van der Waals surface area contributed by atoms with E-state index in [9.17, 15) is 9.59 Å². The van der Waals surface area contributed by atoms with Crippen LogP contribution >= 0.6 is 0 Å². The van der Waals surface area contributed by atoms with Crippen LogP contribution in [-0.4, -0.2) is 67.3 Å². The third-order valence-electron chi connectivity index (χ3n) is 6.02. The van der Waals surface area contributed by atoms with Crippen molar-refractivity contribution in [1.29, 1.82) is 0 Å². The van der Waals surface area contributed by atoms with E-state index in [1.165, 1.54) is 26.1 Å². The van der Waals surface area contributed by atoms with Gasteiger partial charge < -0.3 is 15.1 Å². The van der Waals surface area contributed by atoms with Crippen molar-refractivity contribution in [2.45, 2.75) is 59.3 Å². The number of nitrogens with zero attached hydrogens (tertiary/aromatic N) is 2. The largest absolute Gasteiger partial charge is 0.356 e. The Labute approximate surface area is 159 Å². The van der Waals surface area contributed by atoms with E-state index in [-0.39, 0.29) is 23.7 Å². The molecule has 0 aromatic heterocycles. The van der Waals surface area contributed by atoms with Gasteiger partial charge in [0.25, 0.3) is 0 Å². The summed E-state index contributed by atoms with van der Waals surface area (Å²) in [5, 5.41) is 3.13. The Morgan fingerprint density at radius 3 is 2.00 bits per heavy atom. The molecule has 1 saturated carbocycles. The smallest absolute Gasteiger partial charge is 0.223 e. The highest BCUT2D eigenvalue weighted by molar-refractivity contribution is 5.83. The van der Waals surface area contributed by atoms with Crippen molar-refractivity contribution in [2.75, 3.05) is 45.8 Å². The highest BCUT2D eigenvalue weighted by Crippen LogP contribution is 2.31. The van der Waals surface area contributed by atoms with Gasteiger partial charge in [-0.15, -0.1) is 0 Å². The molecule has 0 spiro atoms. The molecule has 0 aromatic carbocycles. The topological polar surface area (TPSA) is 52.6 Å². The maximum atomic E-state index is 12.4. The summed E-state index contributed by atoms with van der Waals surface area (Å²) in [5.41, 5.74) is 0. The molecule has 2 rings (SSSR count). The summed E-state index contributed by atoms with van der Waals surface area (Å²) >= 11 is 0. The highest BCUT2D eigenvalue weighted by atomic mass is 16.2. The number of carbonyl (C=O) groups excluding carboxylic acids is 2. The molecule has 0 radical (unpaired) electrons. The molecule has 2 fully saturated rings. The van der Waals surface area contributed by atoms with Gasteiger partial charge in [-0.25, -0.2) is 0 Å². The number of nitrogens with one attached hydrogen (secondary N) is 1. The lowest BCUT2D eigenvalue weighted by Crippen LogP contribution is -2.47. The van der Waals surface area contributed by atoms with Gasteiger partial charge in [-0.1, -0.05) is 20.8 Å². The standard InChI is InChI=1S/C21H39N3O2/c1-4-11-23-13-15-24(16-14-23)12-5-10-22-21(26)19-8-6-18(7-9-19)20(25)17(2)3/h17-19H,4-16H2,1-3H3,(H,22,26). The van der Waals surface area contributed by atoms with E-state index in [4.69, 9.17) is 0 Å². The van der Waals surface area contributed by atoms with Crippen LogP contribution in [0.15, 0.2) is 0 Å². The second-order valence-electron chi connectivity index (χ2n) is 8.43. The maximum Gasteiger partial charge on any atom is 0.223 e. The van der Waals surface area contributed by atoms with Crippen LogP contribution in [0.2, 0.25) is 0 Å². The van der Waals surface area contributed by atoms with Gasteiger partial charge >= 0.3 is 0 Å². The fourth-order valence-electron chi connectivity index (χ4n) is 4.32. The van der Waals surface area contributed by atoms with Crippen LogP contribution in [0.5, 0.6) is 0 Å². The molecule has 150 valence electrons. The van der Waals surface area contributed by atoms with Gasteiger partial charge in [0.2, 0.25) is 5.91 Å². The minimum atomic E-state index is 0.115. The Bertz CT molecular complexity index is 437. The third kappa shape index (κ3) is 6.66. The Morgan fingerprint density at radius 1 is 0.923 bits per heavy atom. The molecule has 0 bridgehead atoms. The fourth-order valence-corrected chi connectivity index (χ4v) is 4.32. The number of carbonyl (C=O) groups is 2. The van der Waals surface area contributed by atoms with E-state index in [1.807, 2.05) is 13.8 Å². The first-order valence-electron chi connectivity index (χ1n) is 10.8. The average Bonchev–Trinajstić information content (AvgIpc) is 2.66. The first-order valence-corrected chi connectivity index (χ1v) is 10.8. The Morgan fingerprint density at radius 2 is 1.46 bits per heavy atom. The van der Waals surface area contributed by atoms with Crippen molar-refractivity contribution in [3.8, 4) is 0 Å². The predicted octanol–water partition coefficient (Wildman–Crippen LogP) is 2.55. The summed E-state index contributed by atoms with van der Waals surface area (Å²) in [6, 6.07) is 0. The molecule has 0 unspecified atom stereocenters. The lowest BCUT2D eigenvalue weighted by Gasteiger charge is -2.34. The summed E-state index contributed by atoms with van der Waals surface area (Å²) in [7, 11) is 0. The van der Waals surface area contributed by atoms with Gasteiger partial charge in [-0.05, 0) is 51.6 Å². The second-order valence-corrected chi connectivity index (χ2v) is 8.43. The number of Topliss-reactive ketones (excluding diaryl/α,β-unsaturated/α-hetero) is 1. The SMILES string of the molecule is CCCN1CCN(CCCNC(=O)C2CCC(C(=O)C(C)C)CC2)CC1. The zero-order valence-electron chi connectivity index (χ0n) is 17.1. The molecule has 1 aliphatic carbocycles. The molecule has 5 nitrogen and oxygen atoms in total. The minimum Gasteiger partial charge on any atom is -0.356 e. The molecule has 26 heavy (non-hydrogen) atoms. The quantitative estimate of drug-likeness (QED) is 0.638. The van der Waals surface area contributed by atoms with Gasteiger partial charge in [-0.2, -0.15) is 0 Å². The van der Waals surface area contributed by atoms with Crippen LogP contribution in [0.4, 0.5) is 0 Å². The molecule has 1 heterocycles. The van der Waals surface area contributed by atoms with Crippen molar-refractivity contribution < 1.29 is 9.59 Å². The molecular formula is C21H39N3O2. The zero-order valence-corrected chi connectivity index (χ0v) is 17.1. The van der Waals surface area contributed by atoms with Crippen LogP contribution in [-0.2, 0) is 9.59 Å². The van der Waals surface area contributed by atoms with Gasteiger partial charge in [0, 0.05) is 50.5 Å². The molecule has 5 heteroatoms. The van der Waals surface area contributed by atoms with Crippen LogP contribution in [0.1, 0.15) is 59.3 Å². The van der Waals surface area contributed by atoms with Gasteiger partial charge in [-0.3, -0.25) is 9.59 Å². The summed E-state index contributed by atoms with van der Waals surface area (Å²) in [6.07, 6.45) is 5.78. The Kier molecular flexibility index (Phi) is 9.06. The van der Waals surface area contributed by atoms with E-state index in [0.717, 1.165) is 58.3 Å². The lowest BCUT2D eigenvalue weighted by atomic mass is 9.77. The number of rotatable bonds is 9.